The molecule has 3 nitrogen and oxygen atoms in total. The number of carbonyl (C=O) groups is 1. The first-order valence-corrected chi connectivity index (χ1v) is 6.90. The zero-order chi connectivity index (χ0) is 12.5. The molecule has 3 rings (SSSR count). The summed E-state index contributed by atoms with van der Waals surface area (Å²) in [6.45, 7) is 1.45. The molecule has 96 valence electrons. The Bertz CT molecular complexity index is 459. The first-order chi connectivity index (χ1) is 8.74. The summed E-state index contributed by atoms with van der Waals surface area (Å²) < 4.78 is 0. The number of rotatable bonds is 4. The molecule has 1 heterocycles. The molecule has 2 aliphatic rings. The Morgan fingerprint density at radius 2 is 2.06 bits per heavy atom. The van der Waals surface area contributed by atoms with Crippen LogP contribution in [0.25, 0.3) is 0 Å². The van der Waals surface area contributed by atoms with Gasteiger partial charge in [0.1, 0.15) is 0 Å². The number of amides is 1. The Balaban J connectivity index is 1.63. The van der Waals surface area contributed by atoms with E-state index in [1.165, 1.54) is 12.8 Å². The largest absolute Gasteiger partial charge is 0.337 e. The number of benzene rings is 1. The Labute approximate surface area is 112 Å². The molecule has 2 fully saturated rings. The topological polar surface area (TPSA) is 32.3 Å². The van der Waals surface area contributed by atoms with E-state index in [0.717, 1.165) is 23.6 Å². The van der Waals surface area contributed by atoms with Gasteiger partial charge in [-0.2, -0.15) is 0 Å². The van der Waals surface area contributed by atoms with Crippen LogP contribution in [0.4, 0.5) is 0 Å². The fourth-order valence-corrected chi connectivity index (χ4v) is 2.61. The third kappa shape index (κ3) is 2.52. The van der Waals surface area contributed by atoms with Gasteiger partial charge < -0.3 is 10.2 Å². The first kappa shape index (κ1) is 12.0. The lowest BCUT2D eigenvalue weighted by atomic mass is 10.2. The van der Waals surface area contributed by atoms with Gasteiger partial charge in [-0.1, -0.05) is 29.8 Å². The number of hydrogen-bond acceptors (Lipinski definition) is 2. The molecule has 1 amide bonds. The minimum atomic E-state index is 0.0278. The average molecular weight is 265 g/mol. The van der Waals surface area contributed by atoms with Crippen molar-refractivity contribution in [3.05, 3.63) is 34.9 Å². The van der Waals surface area contributed by atoms with Gasteiger partial charge in [-0.05, 0) is 30.9 Å². The lowest BCUT2D eigenvalue weighted by Crippen LogP contribution is -2.39. The molecule has 0 aromatic heterocycles. The molecule has 1 aliphatic carbocycles. The molecule has 0 bridgehead atoms. The predicted octanol–water partition coefficient (Wildman–Crippen LogP) is 2.19. The van der Waals surface area contributed by atoms with Crippen LogP contribution in [-0.2, 0) is 11.3 Å². The van der Waals surface area contributed by atoms with Gasteiger partial charge in [0.05, 0.1) is 6.04 Å². The second-order valence-electron chi connectivity index (χ2n) is 5.13. The number of hydrogen-bond donors (Lipinski definition) is 1. The van der Waals surface area contributed by atoms with Crippen LogP contribution >= 0.6 is 11.6 Å². The normalized spacial score (nSPS) is 23.7. The van der Waals surface area contributed by atoms with Crippen molar-refractivity contribution < 1.29 is 4.79 Å². The molecular formula is C14H17ClN2O. The second-order valence-corrected chi connectivity index (χ2v) is 5.54. The van der Waals surface area contributed by atoms with Crippen LogP contribution in [0, 0.1) is 0 Å². The van der Waals surface area contributed by atoms with Gasteiger partial charge in [-0.15, -0.1) is 0 Å². The van der Waals surface area contributed by atoms with Crippen LogP contribution in [0.5, 0.6) is 0 Å². The van der Waals surface area contributed by atoms with E-state index in [4.69, 9.17) is 11.6 Å². The van der Waals surface area contributed by atoms with E-state index < -0.39 is 0 Å². The van der Waals surface area contributed by atoms with Gasteiger partial charge in [-0.3, -0.25) is 4.79 Å². The van der Waals surface area contributed by atoms with Crippen LogP contribution in [-0.4, -0.2) is 29.4 Å². The van der Waals surface area contributed by atoms with Gasteiger partial charge in [0.15, 0.2) is 0 Å². The highest BCUT2D eigenvalue weighted by atomic mass is 35.5. The van der Waals surface area contributed by atoms with Gasteiger partial charge >= 0.3 is 0 Å². The summed E-state index contributed by atoms with van der Waals surface area (Å²) in [7, 11) is 0. The van der Waals surface area contributed by atoms with E-state index in [-0.39, 0.29) is 11.9 Å². The van der Waals surface area contributed by atoms with E-state index in [9.17, 15) is 4.79 Å². The standard InChI is InChI=1S/C14H17ClN2O/c15-12-4-2-1-3-10(12)9-17-8-7-13(14(17)18)16-11-5-6-11/h1-4,11,13,16H,5-9H2. The van der Waals surface area contributed by atoms with Crippen LogP contribution < -0.4 is 5.32 Å². The quantitative estimate of drug-likeness (QED) is 0.904. The molecular weight excluding hydrogens is 248 g/mol. The van der Waals surface area contributed by atoms with E-state index in [1.807, 2.05) is 29.2 Å². The van der Waals surface area contributed by atoms with Crippen molar-refractivity contribution in [2.45, 2.75) is 37.9 Å². The fraction of sp³-hybridized carbons (Fsp3) is 0.500. The molecule has 0 radical (unpaired) electrons. The monoisotopic (exact) mass is 264 g/mol. The van der Waals surface area contributed by atoms with Crippen molar-refractivity contribution in [2.24, 2.45) is 0 Å². The molecule has 4 heteroatoms. The van der Waals surface area contributed by atoms with E-state index >= 15 is 0 Å². The molecule has 1 N–H and O–H groups in total. The maximum Gasteiger partial charge on any atom is 0.240 e. The maximum atomic E-state index is 12.2. The van der Waals surface area contributed by atoms with E-state index in [2.05, 4.69) is 5.32 Å². The second kappa shape index (κ2) is 4.90. The maximum absolute atomic E-state index is 12.2. The minimum absolute atomic E-state index is 0.0278. The smallest absolute Gasteiger partial charge is 0.240 e. The zero-order valence-corrected chi connectivity index (χ0v) is 11.0. The molecule has 1 saturated heterocycles. The lowest BCUT2D eigenvalue weighted by molar-refractivity contribution is -0.129. The summed E-state index contributed by atoms with van der Waals surface area (Å²) in [6, 6.07) is 8.34. The van der Waals surface area contributed by atoms with Crippen molar-refractivity contribution in [3.8, 4) is 0 Å². The van der Waals surface area contributed by atoms with Crippen LogP contribution in [0.1, 0.15) is 24.8 Å². The number of nitrogens with one attached hydrogen (secondary N) is 1. The number of carbonyl (C=O) groups excluding carboxylic acids is 1. The van der Waals surface area contributed by atoms with E-state index in [0.29, 0.717) is 12.6 Å². The Kier molecular flexibility index (Phi) is 3.27. The summed E-state index contributed by atoms with van der Waals surface area (Å²) in [5, 5.41) is 4.15. The van der Waals surface area contributed by atoms with Gasteiger partial charge in [-0.25, -0.2) is 0 Å². The van der Waals surface area contributed by atoms with Crippen LogP contribution in [0.3, 0.4) is 0 Å². The van der Waals surface area contributed by atoms with Gasteiger partial charge in [0, 0.05) is 24.2 Å². The summed E-state index contributed by atoms with van der Waals surface area (Å²) in [4.78, 5) is 14.1. The van der Waals surface area contributed by atoms with Crippen molar-refractivity contribution in [1.29, 1.82) is 0 Å². The minimum Gasteiger partial charge on any atom is -0.337 e. The number of halogens is 1. The van der Waals surface area contributed by atoms with Gasteiger partial charge in [0.2, 0.25) is 5.91 Å². The zero-order valence-electron chi connectivity index (χ0n) is 10.2. The third-order valence-corrected chi connectivity index (χ3v) is 4.00. The van der Waals surface area contributed by atoms with Crippen LogP contribution in [0.15, 0.2) is 24.3 Å². The Morgan fingerprint density at radius 1 is 1.28 bits per heavy atom. The lowest BCUT2D eigenvalue weighted by Gasteiger charge is -2.18. The molecule has 1 aromatic carbocycles. The number of likely N-dealkylation sites (tertiary alicyclic amines) is 1. The molecule has 1 unspecified atom stereocenters. The SMILES string of the molecule is O=C1C(NC2CC2)CCN1Cc1ccccc1Cl. The Morgan fingerprint density at radius 3 is 2.78 bits per heavy atom. The summed E-state index contributed by atoms with van der Waals surface area (Å²) in [6.07, 6.45) is 3.35. The molecule has 0 spiro atoms. The van der Waals surface area contributed by atoms with E-state index in [1.54, 1.807) is 0 Å². The predicted molar refractivity (Wildman–Crippen MR) is 71.4 cm³/mol. The van der Waals surface area contributed by atoms with Crippen molar-refractivity contribution in [3.63, 3.8) is 0 Å². The Hall–Kier alpha value is -1.06. The van der Waals surface area contributed by atoms with Gasteiger partial charge in [0.25, 0.3) is 0 Å². The highest BCUT2D eigenvalue weighted by Crippen LogP contribution is 2.24. The first-order valence-electron chi connectivity index (χ1n) is 6.52. The molecule has 1 saturated carbocycles. The van der Waals surface area contributed by atoms with Crippen molar-refractivity contribution >= 4 is 17.5 Å². The average Bonchev–Trinajstić information content (AvgIpc) is 3.12. The molecule has 1 aromatic rings. The molecule has 1 atom stereocenters. The summed E-state index contributed by atoms with van der Waals surface area (Å²) >= 11 is 6.13. The molecule has 1 aliphatic heterocycles. The van der Waals surface area contributed by atoms with Crippen LogP contribution in [0.2, 0.25) is 5.02 Å². The molecule has 18 heavy (non-hydrogen) atoms. The third-order valence-electron chi connectivity index (χ3n) is 3.63. The fourth-order valence-electron chi connectivity index (χ4n) is 2.42. The van der Waals surface area contributed by atoms with Crippen molar-refractivity contribution in [1.82, 2.24) is 10.2 Å². The van der Waals surface area contributed by atoms with Crippen molar-refractivity contribution in [2.75, 3.05) is 6.54 Å². The highest BCUT2D eigenvalue weighted by Gasteiger charge is 2.35. The summed E-state index contributed by atoms with van der Waals surface area (Å²) in [5.74, 6) is 0.224. The summed E-state index contributed by atoms with van der Waals surface area (Å²) in [5.41, 5.74) is 1.03. The number of nitrogens with zero attached hydrogens (tertiary/aromatic N) is 1. The highest BCUT2D eigenvalue weighted by molar-refractivity contribution is 6.31.